The lowest BCUT2D eigenvalue weighted by molar-refractivity contribution is -0.0625. The monoisotopic (exact) mass is 466 g/mol. The van der Waals surface area contributed by atoms with Gasteiger partial charge in [0.1, 0.15) is 0 Å². The first-order chi connectivity index (χ1) is 15.7. The lowest BCUT2D eigenvalue weighted by atomic mass is 9.39. The lowest BCUT2D eigenvalue weighted by Gasteiger charge is -2.65. The minimum Gasteiger partial charge on any atom is -0.0649 e. The van der Waals surface area contributed by atoms with Crippen LogP contribution in [0, 0.1) is 44.3 Å². The van der Waals surface area contributed by atoms with Crippen LogP contribution in [0.5, 0.6) is 0 Å². The number of hydrogen-bond acceptors (Lipinski definition) is 0. The molecule has 34 heavy (non-hydrogen) atoms. The minimum absolute atomic E-state index is 0.356. The van der Waals surface area contributed by atoms with E-state index in [1.165, 1.54) is 77.0 Å². The van der Waals surface area contributed by atoms with E-state index in [0.29, 0.717) is 32.5 Å². The first-order valence-electron chi connectivity index (χ1n) is 15.1. The maximum absolute atomic E-state index is 2.72. The van der Waals surface area contributed by atoms with Crippen molar-refractivity contribution in [3.05, 3.63) is 23.3 Å². The van der Waals surface area contributed by atoms with E-state index < -0.39 is 0 Å². The number of fused-ring (bicyclic) bond motifs is 5. The highest BCUT2D eigenvalue weighted by molar-refractivity contribution is 5.45. The van der Waals surface area contributed by atoms with Crippen molar-refractivity contribution in [2.24, 2.45) is 44.3 Å². The summed E-state index contributed by atoms with van der Waals surface area (Å²) in [5.41, 5.74) is 6.12. The lowest BCUT2D eigenvalue weighted by Crippen LogP contribution is -2.56. The molecule has 0 aromatic carbocycles. The Morgan fingerprint density at radius 2 is 1.44 bits per heavy atom. The molecule has 0 N–H and O–H groups in total. The van der Waals surface area contributed by atoms with Gasteiger partial charge in [-0.05, 0) is 102 Å². The summed E-state index contributed by atoms with van der Waals surface area (Å²) in [5, 5.41) is 0. The molecule has 4 aliphatic rings. The molecule has 0 saturated heterocycles. The van der Waals surface area contributed by atoms with Crippen LogP contribution in [-0.4, -0.2) is 0 Å². The van der Waals surface area contributed by atoms with Crippen LogP contribution in [0.15, 0.2) is 23.3 Å². The van der Waals surface area contributed by atoms with Crippen LogP contribution in [0.25, 0.3) is 0 Å². The average Bonchev–Trinajstić information content (AvgIpc) is 3.06. The summed E-state index contributed by atoms with van der Waals surface area (Å²) in [5.74, 6) is 1.70. The molecule has 0 nitrogen and oxygen atoms in total. The molecular weight excluding hydrogens is 408 g/mol. The Morgan fingerprint density at radius 1 is 0.794 bits per heavy atom. The van der Waals surface area contributed by atoms with Crippen LogP contribution in [0.3, 0.4) is 0 Å². The van der Waals surface area contributed by atoms with Crippen LogP contribution in [-0.2, 0) is 0 Å². The zero-order chi connectivity index (χ0) is 25.2. The summed E-state index contributed by atoms with van der Waals surface area (Å²) in [6.45, 7) is 25.8. The van der Waals surface area contributed by atoms with Crippen molar-refractivity contribution in [2.75, 3.05) is 0 Å². The van der Waals surface area contributed by atoms with E-state index in [-0.39, 0.29) is 0 Å². The highest BCUT2D eigenvalue weighted by Crippen LogP contribution is 2.76. The third-order valence-electron chi connectivity index (χ3n) is 13.6. The van der Waals surface area contributed by atoms with Gasteiger partial charge in [0.15, 0.2) is 0 Å². The third-order valence-corrected chi connectivity index (χ3v) is 13.6. The van der Waals surface area contributed by atoms with Gasteiger partial charge >= 0.3 is 0 Å². The van der Waals surface area contributed by atoms with Crippen LogP contribution >= 0.6 is 0 Å². The van der Waals surface area contributed by atoms with Crippen LogP contribution < -0.4 is 0 Å². The molecule has 4 aliphatic carbocycles. The molecule has 0 radical (unpaired) electrons. The van der Waals surface area contributed by atoms with Gasteiger partial charge in [-0.15, -0.1) is 0 Å². The van der Waals surface area contributed by atoms with Crippen molar-refractivity contribution in [1.29, 1.82) is 0 Å². The summed E-state index contributed by atoms with van der Waals surface area (Å²) in [6.07, 6.45) is 21.9. The fourth-order valence-corrected chi connectivity index (χ4v) is 9.97. The van der Waals surface area contributed by atoms with Crippen molar-refractivity contribution in [2.45, 2.75) is 146 Å². The van der Waals surface area contributed by atoms with E-state index in [0.717, 1.165) is 11.8 Å². The van der Waals surface area contributed by atoms with Crippen molar-refractivity contribution in [3.63, 3.8) is 0 Å². The molecule has 0 unspecified atom stereocenters. The second-order valence-corrected chi connectivity index (χ2v) is 15.5. The molecule has 6 atom stereocenters. The minimum atomic E-state index is 0.356. The normalized spacial score (nSPS) is 42.4. The maximum Gasteiger partial charge on any atom is -0.00164 e. The van der Waals surface area contributed by atoms with E-state index in [1.807, 2.05) is 5.57 Å². The zero-order valence-electron chi connectivity index (χ0n) is 24.8. The fourth-order valence-electron chi connectivity index (χ4n) is 9.97. The number of rotatable bonds is 7. The van der Waals surface area contributed by atoms with Gasteiger partial charge in [-0.3, -0.25) is 0 Å². The predicted octanol–water partition coefficient (Wildman–Crippen LogP) is 10.9. The zero-order valence-corrected chi connectivity index (χ0v) is 24.8. The van der Waals surface area contributed by atoms with Gasteiger partial charge in [0.05, 0.1) is 0 Å². The molecule has 0 aromatic heterocycles. The second-order valence-electron chi connectivity index (χ2n) is 15.5. The molecule has 0 bridgehead atoms. The summed E-state index contributed by atoms with van der Waals surface area (Å²) in [4.78, 5) is 0. The first-order valence-corrected chi connectivity index (χ1v) is 15.1. The Labute approximate surface area is 213 Å². The molecule has 3 saturated carbocycles. The topological polar surface area (TPSA) is 0 Å². The summed E-state index contributed by atoms with van der Waals surface area (Å²) >= 11 is 0. The second kappa shape index (κ2) is 8.52. The van der Waals surface area contributed by atoms with E-state index in [4.69, 9.17) is 0 Å². The quantitative estimate of drug-likeness (QED) is 0.350. The summed E-state index contributed by atoms with van der Waals surface area (Å²) in [7, 11) is 0. The van der Waals surface area contributed by atoms with Gasteiger partial charge in [0.25, 0.3) is 0 Å². The molecular formula is C34H58. The van der Waals surface area contributed by atoms with Gasteiger partial charge in [-0.25, -0.2) is 0 Å². The van der Waals surface area contributed by atoms with Gasteiger partial charge in [-0.2, -0.15) is 0 Å². The Kier molecular flexibility index (Phi) is 6.65. The van der Waals surface area contributed by atoms with Crippen LogP contribution in [0.1, 0.15) is 146 Å². The molecule has 4 rings (SSSR count). The van der Waals surface area contributed by atoms with Crippen molar-refractivity contribution in [3.8, 4) is 0 Å². The first kappa shape index (κ1) is 26.5. The molecule has 0 aliphatic heterocycles. The average molecular weight is 467 g/mol. The van der Waals surface area contributed by atoms with Gasteiger partial charge in [0, 0.05) is 0 Å². The van der Waals surface area contributed by atoms with Crippen LogP contribution in [0.4, 0.5) is 0 Å². The Hall–Kier alpha value is -0.520. The summed E-state index contributed by atoms with van der Waals surface area (Å²) < 4.78 is 0. The van der Waals surface area contributed by atoms with Gasteiger partial charge < -0.3 is 0 Å². The third kappa shape index (κ3) is 3.65. The molecule has 0 amide bonds. The van der Waals surface area contributed by atoms with E-state index >= 15 is 0 Å². The highest BCUT2D eigenvalue weighted by atomic mass is 14.7. The fraction of sp³-hybridized carbons (Fsp3) is 0.882. The van der Waals surface area contributed by atoms with Crippen molar-refractivity contribution in [1.82, 2.24) is 0 Å². The Balaban J connectivity index is 1.61. The standard InChI is InChI=1S/C34H58/c1-11-30(6,12-2)19-13-18-29(4,5)27-17-21-32(8)28-15-14-26-24-25(3)16-20-31(26,7)34(28,10)23-22-33(27,32)9/h14-15,25,27H,11-13,16-24H2,1-10H3/t25-,27+,31-,32-,33+,34-/m0/s1. The summed E-state index contributed by atoms with van der Waals surface area (Å²) in [6, 6.07) is 0. The van der Waals surface area contributed by atoms with E-state index in [1.54, 1.807) is 5.57 Å². The number of hydrogen-bond donors (Lipinski definition) is 0. The van der Waals surface area contributed by atoms with Crippen LogP contribution in [0.2, 0.25) is 0 Å². The smallest absolute Gasteiger partial charge is 0.00164 e. The van der Waals surface area contributed by atoms with Gasteiger partial charge in [-0.1, -0.05) is 112 Å². The van der Waals surface area contributed by atoms with E-state index in [2.05, 4.69) is 81.4 Å². The van der Waals surface area contributed by atoms with E-state index in [9.17, 15) is 0 Å². The largest absolute Gasteiger partial charge is 0.0649 e. The molecule has 0 heteroatoms. The predicted molar refractivity (Wildman–Crippen MR) is 150 cm³/mol. The molecule has 0 heterocycles. The molecule has 194 valence electrons. The van der Waals surface area contributed by atoms with Crippen molar-refractivity contribution < 1.29 is 0 Å². The maximum atomic E-state index is 2.72. The van der Waals surface area contributed by atoms with Crippen molar-refractivity contribution >= 4 is 0 Å². The number of allylic oxidation sites excluding steroid dienone is 4. The molecule has 0 spiro atoms. The SMILES string of the molecule is CCC(C)(CC)CCCC(C)(C)[C@H]1CC[C@@]2(C)C3=CC=C4C[C@@H](C)CC[C@]4(C)[C@@]3(C)CC[C@]12C. The Morgan fingerprint density at radius 3 is 2.09 bits per heavy atom. The molecule has 0 aromatic rings. The Bertz CT molecular complexity index is 836. The highest BCUT2D eigenvalue weighted by Gasteiger charge is 2.67. The van der Waals surface area contributed by atoms with Gasteiger partial charge in [0.2, 0.25) is 0 Å². The molecule has 3 fully saturated rings.